The molecule has 0 N–H and O–H groups in total. The summed E-state index contributed by atoms with van der Waals surface area (Å²) in [5.41, 5.74) is 2.65. The molecule has 0 radical (unpaired) electrons. The molecule has 0 saturated carbocycles. The molecule has 1 fully saturated rings. The predicted molar refractivity (Wildman–Crippen MR) is 96.8 cm³/mol. The van der Waals surface area contributed by atoms with Gasteiger partial charge < -0.3 is 4.90 Å². The van der Waals surface area contributed by atoms with Gasteiger partial charge in [-0.25, -0.2) is 4.98 Å². The maximum Gasteiger partial charge on any atom is 0.272 e. The molecule has 4 nitrogen and oxygen atoms in total. The highest BCUT2D eigenvalue weighted by atomic mass is 16.2. The van der Waals surface area contributed by atoms with Crippen LogP contribution in [0, 0.1) is 6.92 Å². The average Bonchev–Trinajstić information content (AvgIpc) is 2.63. The van der Waals surface area contributed by atoms with Crippen molar-refractivity contribution < 1.29 is 4.79 Å². The van der Waals surface area contributed by atoms with E-state index < -0.39 is 0 Å². The second-order valence-electron chi connectivity index (χ2n) is 6.07. The first kappa shape index (κ1) is 16.4. The number of carbonyl (C=O) groups excluding carboxylic acids is 1. The SMILES string of the molecule is Cc1cccc(C(=O)N2CCN(C/C=C\c3ccccc3)CC2)n1. The van der Waals surface area contributed by atoms with Crippen LogP contribution in [-0.4, -0.2) is 53.4 Å². The lowest BCUT2D eigenvalue weighted by molar-refractivity contribution is 0.0644. The van der Waals surface area contributed by atoms with E-state index in [9.17, 15) is 4.79 Å². The first-order chi connectivity index (χ1) is 11.7. The summed E-state index contributed by atoms with van der Waals surface area (Å²) in [4.78, 5) is 21.1. The third-order valence-corrected chi connectivity index (χ3v) is 4.24. The van der Waals surface area contributed by atoms with Gasteiger partial charge in [0.25, 0.3) is 5.91 Å². The summed E-state index contributed by atoms with van der Waals surface area (Å²) in [7, 11) is 0. The Labute approximate surface area is 143 Å². The Bertz CT molecular complexity index is 704. The fourth-order valence-corrected chi connectivity index (χ4v) is 2.86. The highest BCUT2D eigenvalue weighted by molar-refractivity contribution is 5.92. The Morgan fingerprint density at radius 2 is 1.79 bits per heavy atom. The van der Waals surface area contributed by atoms with E-state index in [0.717, 1.165) is 38.4 Å². The van der Waals surface area contributed by atoms with Crippen LogP contribution < -0.4 is 0 Å². The van der Waals surface area contributed by atoms with Crippen LogP contribution in [0.1, 0.15) is 21.7 Å². The van der Waals surface area contributed by atoms with Gasteiger partial charge in [0.05, 0.1) is 0 Å². The van der Waals surface area contributed by atoms with Crippen LogP contribution in [0.4, 0.5) is 0 Å². The van der Waals surface area contributed by atoms with Crippen molar-refractivity contribution in [3.8, 4) is 0 Å². The van der Waals surface area contributed by atoms with Gasteiger partial charge in [-0.05, 0) is 24.6 Å². The van der Waals surface area contributed by atoms with Crippen LogP contribution in [0.3, 0.4) is 0 Å². The van der Waals surface area contributed by atoms with Crippen molar-refractivity contribution in [3.63, 3.8) is 0 Å². The Morgan fingerprint density at radius 3 is 2.50 bits per heavy atom. The van der Waals surface area contributed by atoms with E-state index in [1.165, 1.54) is 5.56 Å². The molecule has 2 heterocycles. The maximum atomic E-state index is 12.5. The Hall–Kier alpha value is -2.46. The molecule has 1 saturated heterocycles. The number of piperazine rings is 1. The summed E-state index contributed by atoms with van der Waals surface area (Å²) in [5.74, 6) is 0.0400. The zero-order chi connectivity index (χ0) is 16.8. The van der Waals surface area contributed by atoms with E-state index in [4.69, 9.17) is 0 Å². The molecule has 0 aliphatic carbocycles. The van der Waals surface area contributed by atoms with E-state index >= 15 is 0 Å². The lowest BCUT2D eigenvalue weighted by Crippen LogP contribution is -2.48. The minimum absolute atomic E-state index is 0.0400. The Kier molecular flexibility index (Phi) is 5.39. The number of aromatic nitrogens is 1. The first-order valence-electron chi connectivity index (χ1n) is 8.39. The van der Waals surface area contributed by atoms with Crippen molar-refractivity contribution >= 4 is 12.0 Å². The molecule has 1 aliphatic rings. The quantitative estimate of drug-likeness (QED) is 0.869. The standard InChI is InChI=1S/C20H23N3O/c1-17-7-5-11-19(21-17)20(24)23-15-13-22(14-16-23)12-6-10-18-8-3-2-4-9-18/h2-11H,12-16H2,1H3/b10-6-. The average molecular weight is 321 g/mol. The summed E-state index contributed by atoms with van der Waals surface area (Å²) in [5, 5.41) is 0. The van der Waals surface area contributed by atoms with E-state index in [1.54, 1.807) is 6.07 Å². The minimum atomic E-state index is 0.0400. The van der Waals surface area contributed by atoms with Crippen molar-refractivity contribution in [1.82, 2.24) is 14.8 Å². The minimum Gasteiger partial charge on any atom is -0.335 e. The van der Waals surface area contributed by atoms with E-state index in [2.05, 4.69) is 34.2 Å². The van der Waals surface area contributed by atoms with Gasteiger partial charge in [-0.3, -0.25) is 9.69 Å². The van der Waals surface area contributed by atoms with Crippen molar-refractivity contribution in [2.24, 2.45) is 0 Å². The van der Waals surface area contributed by atoms with Gasteiger partial charge in [-0.2, -0.15) is 0 Å². The van der Waals surface area contributed by atoms with Gasteiger partial charge in [0.2, 0.25) is 0 Å². The van der Waals surface area contributed by atoms with Crippen LogP contribution >= 0.6 is 0 Å². The number of carbonyl (C=O) groups is 1. The van der Waals surface area contributed by atoms with Gasteiger partial charge in [-0.15, -0.1) is 0 Å². The number of rotatable bonds is 4. The van der Waals surface area contributed by atoms with Crippen molar-refractivity contribution in [3.05, 3.63) is 71.6 Å². The lowest BCUT2D eigenvalue weighted by atomic mass is 10.2. The molecule has 0 unspecified atom stereocenters. The number of hydrogen-bond acceptors (Lipinski definition) is 3. The highest BCUT2D eigenvalue weighted by Gasteiger charge is 2.22. The summed E-state index contributed by atoms with van der Waals surface area (Å²) in [6.45, 7) is 6.14. The molecule has 4 heteroatoms. The maximum absolute atomic E-state index is 12.5. The molecule has 24 heavy (non-hydrogen) atoms. The predicted octanol–water partition coefficient (Wildman–Crippen LogP) is 2.86. The number of pyridine rings is 1. The summed E-state index contributed by atoms with van der Waals surface area (Å²) < 4.78 is 0. The molecule has 0 spiro atoms. The lowest BCUT2D eigenvalue weighted by Gasteiger charge is -2.34. The third kappa shape index (κ3) is 4.30. The van der Waals surface area contributed by atoms with Gasteiger partial charge in [0, 0.05) is 38.4 Å². The van der Waals surface area contributed by atoms with Crippen LogP contribution in [-0.2, 0) is 0 Å². The van der Waals surface area contributed by atoms with Gasteiger partial charge in [-0.1, -0.05) is 48.6 Å². The fraction of sp³-hybridized carbons (Fsp3) is 0.300. The van der Waals surface area contributed by atoms with Gasteiger partial charge >= 0.3 is 0 Å². The number of amides is 1. The van der Waals surface area contributed by atoms with Gasteiger partial charge in [0.1, 0.15) is 5.69 Å². The number of benzene rings is 1. The Balaban J connectivity index is 1.49. The van der Waals surface area contributed by atoms with Crippen LogP contribution in [0.5, 0.6) is 0 Å². The molecule has 1 aromatic heterocycles. The molecular weight excluding hydrogens is 298 g/mol. The monoisotopic (exact) mass is 321 g/mol. The van der Waals surface area contributed by atoms with Gasteiger partial charge in [0.15, 0.2) is 0 Å². The third-order valence-electron chi connectivity index (χ3n) is 4.24. The molecule has 1 aromatic carbocycles. The summed E-state index contributed by atoms with van der Waals surface area (Å²) in [6.07, 6.45) is 4.34. The van der Waals surface area contributed by atoms with Crippen molar-refractivity contribution in [2.45, 2.75) is 6.92 Å². The topological polar surface area (TPSA) is 36.4 Å². The molecule has 1 amide bonds. The fourth-order valence-electron chi connectivity index (χ4n) is 2.86. The number of hydrogen-bond donors (Lipinski definition) is 0. The molecule has 1 aliphatic heterocycles. The molecule has 2 aromatic rings. The van der Waals surface area contributed by atoms with Crippen LogP contribution in [0.25, 0.3) is 6.08 Å². The summed E-state index contributed by atoms with van der Waals surface area (Å²) >= 11 is 0. The zero-order valence-corrected chi connectivity index (χ0v) is 14.1. The largest absolute Gasteiger partial charge is 0.335 e. The van der Waals surface area contributed by atoms with E-state index in [1.807, 2.05) is 42.2 Å². The Morgan fingerprint density at radius 1 is 1.04 bits per heavy atom. The van der Waals surface area contributed by atoms with Crippen LogP contribution in [0.2, 0.25) is 0 Å². The van der Waals surface area contributed by atoms with Crippen LogP contribution in [0.15, 0.2) is 54.6 Å². The van der Waals surface area contributed by atoms with E-state index in [-0.39, 0.29) is 5.91 Å². The second kappa shape index (κ2) is 7.88. The molecular formula is C20H23N3O. The molecule has 0 atom stereocenters. The first-order valence-corrected chi connectivity index (χ1v) is 8.39. The molecule has 124 valence electrons. The molecule has 0 bridgehead atoms. The van der Waals surface area contributed by atoms with Crippen molar-refractivity contribution in [2.75, 3.05) is 32.7 Å². The zero-order valence-electron chi connectivity index (χ0n) is 14.1. The summed E-state index contributed by atoms with van der Waals surface area (Å²) in [6, 6.07) is 15.9. The smallest absolute Gasteiger partial charge is 0.272 e. The number of nitrogens with zero attached hydrogens (tertiary/aromatic N) is 3. The number of aryl methyl sites for hydroxylation is 1. The van der Waals surface area contributed by atoms with E-state index in [0.29, 0.717) is 5.69 Å². The van der Waals surface area contributed by atoms with Crippen molar-refractivity contribution in [1.29, 1.82) is 0 Å². The normalized spacial score (nSPS) is 15.8. The molecule has 3 rings (SSSR count). The highest BCUT2D eigenvalue weighted by Crippen LogP contribution is 2.08. The second-order valence-corrected chi connectivity index (χ2v) is 6.07.